The number of aromatic amines is 1. The van der Waals surface area contributed by atoms with Crippen LogP contribution in [-0.2, 0) is 4.79 Å². The van der Waals surface area contributed by atoms with Crippen LogP contribution in [0.5, 0.6) is 0 Å². The maximum Gasteiger partial charge on any atom is 0.223 e. The van der Waals surface area contributed by atoms with Gasteiger partial charge in [0.1, 0.15) is 5.15 Å². The van der Waals surface area contributed by atoms with Crippen LogP contribution in [0.4, 0.5) is 0 Å². The number of carbonyl (C=O) groups is 1. The molecular formula is C20H20ClN3O. The SMILES string of the molecule is O=C(C[C@H](c1ccc(Cl)nc1)c1c[nH]c2ccccc12)N1CCCC1. The summed E-state index contributed by atoms with van der Waals surface area (Å²) in [4.78, 5) is 22.3. The standard InChI is InChI=1S/C20H20ClN3O/c21-19-8-7-14(12-23-19)16(11-20(25)24-9-3-4-10-24)17-13-22-18-6-2-1-5-15(17)18/h1-2,5-8,12-13,16,22H,3-4,9-11H2/t16-/m1/s1. The van der Waals surface area contributed by atoms with Gasteiger partial charge in [0.2, 0.25) is 5.91 Å². The van der Waals surface area contributed by atoms with Crippen molar-refractivity contribution in [3.05, 3.63) is 65.1 Å². The first-order chi connectivity index (χ1) is 12.2. The summed E-state index contributed by atoms with van der Waals surface area (Å²) in [6, 6.07) is 11.9. The lowest BCUT2D eigenvalue weighted by Gasteiger charge is -2.21. The highest BCUT2D eigenvalue weighted by atomic mass is 35.5. The number of aromatic nitrogens is 2. The molecule has 3 aromatic rings. The van der Waals surface area contributed by atoms with Gasteiger partial charge in [0, 0.05) is 48.7 Å². The van der Waals surface area contributed by atoms with Crippen LogP contribution >= 0.6 is 11.6 Å². The Labute approximate surface area is 151 Å². The second-order valence-electron chi connectivity index (χ2n) is 6.55. The molecule has 1 aromatic carbocycles. The number of fused-ring (bicyclic) bond motifs is 1. The van der Waals surface area contributed by atoms with Crippen LogP contribution < -0.4 is 0 Å². The Hall–Kier alpha value is -2.33. The molecule has 0 saturated carbocycles. The monoisotopic (exact) mass is 353 g/mol. The lowest BCUT2D eigenvalue weighted by molar-refractivity contribution is -0.130. The van der Waals surface area contributed by atoms with Crippen molar-refractivity contribution >= 4 is 28.4 Å². The summed E-state index contributed by atoms with van der Waals surface area (Å²) in [5.74, 6) is 0.178. The van der Waals surface area contributed by atoms with Crippen LogP contribution in [0.15, 0.2) is 48.8 Å². The van der Waals surface area contributed by atoms with Gasteiger partial charge in [-0.15, -0.1) is 0 Å². The molecule has 0 aliphatic carbocycles. The van der Waals surface area contributed by atoms with Crippen LogP contribution in [0.25, 0.3) is 10.9 Å². The van der Waals surface area contributed by atoms with Gasteiger partial charge in [-0.3, -0.25) is 4.79 Å². The molecule has 1 aliphatic heterocycles. The minimum Gasteiger partial charge on any atom is -0.361 e. The van der Waals surface area contributed by atoms with E-state index in [4.69, 9.17) is 11.6 Å². The number of carbonyl (C=O) groups excluding carboxylic acids is 1. The predicted molar refractivity (Wildman–Crippen MR) is 99.8 cm³/mol. The molecule has 4 nitrogen and oxygen atoms in total. The molecule has 0 radical (unpaired) electrons. The maximum atomic E-state index is 12.8. The van der Waals surface area contributed by atoms with Gasteiger partial charge in [0.05, 0.1) is 0 Å². The second kappa shape index (κ2) is 6.89. The highest BCUT2D eigenvalue weighted by Gasteiger charge is 2.25. The van der Waals surface area contributed by atoms with Crippen molar-refractivity contribution in [2.24, 2.45) is 0 Å². The van der Waals surface area contributed by atoms with Gasteiger partial charge in [0.15, 0.2) is 0 Å². The van der Waals surface area contributed by atoms with E-state index in [1.165, 1.54) is 0 Å². The Balaban J connectivity index is 1.72. The minimum atomic E-state index is -0.0333. The number of benzene rings is 1. The summed E-state index contributed by atoms with van der Waals surface area (Å²) >= 11 is 5.95. The van der Waals surface area contributed by atoms with E-state index in [-0.39, 0.29) is 11.8 Å². The molecule has 128 valence electrons. The van der Waals surface area contributed by atoms with Crippen LogP contribution in [0.1, 0.15) is 36.3 Å². The first kappa shape index (κ1) is 16.2. The zero-order chi connectivity index (χ0) is 17.2. The molecule has 2 aromatic heterocycles. The second-order valence-corrected chi connectivity index (χ2v) is 6.94. The molecule has 1 saturated heterocycles. The molecule has 5 heteroatoms. The molecule has 1 N–H and O–H groups in total. The van der Waals surface area contributed by atoms with Crippen molar-refractivity contribution in [2.75, 3.05) is 13.1 Å². The average molecular weight is 354 g/mol. The fraction of sp³-hybridized carbons (Fsp3) is 0.300. The van der Waals surface area contributed by atoms with E-state index in [1.54, 1.807) is 12.3 Å². The average Bonchev–Trinajstić information content (AvgIpc) is 3.30. The summed E-state index contributed by atoms with van der Waals surface area (Å²) in [7, 11) is 0. The topological polar surface area (TPSA) is 49.0 Å². The number of likely N-dealkylation sites (tertiary alicyclic amines) is 1. The number of halogens is 1. The van der Waals surface area contributed by atoms with E-state index < -0.39 is 0 Å². The Kier molecular flexibility index (Phi) is 4.45. The van der Waals surface area contributed by atoms with Crippen molar-refractivity contribution in [3.63, 3.8) is 0 Å². The lowest BCUT2D eigenvalue weighted by Crippen LogP contribution is -2.29. The van der Waals surface area contributed by atoms with Gasteiger partial charge in [0.25, 0.3) is 0 Å². The molecular weight excluding hydrogens is 334 g/mol. The summed E-state index contributed by atoms with van der Waals surface area (Å²) in [5.41, 5.74) is 3.23. The smallest absolute Gasteiger partial charge is 0.223 e. The Morgan fingerprint density at radius 2 is 2.00 bits per heavy atom. The molecule has 0 unspecified atom stereocenters. The molecule has 0 spiro atoms. The Bertz CT molecular complexity index is 881. The highest BCUT2D eigenvalue weighted by Crippen LogP contribution is 2.34. The third-order valence-electron chi connectivity index (χ3n) is 4.99. The van der Waals surface area contributed by atoms with E-state index in [9.17, 15) is 4.79 Å². The van der Waals surface area contributed by atoms with Crippen LogP contribution in [0, 0.1) is 0 Å². The minimum absolute atomic E-state index is 0.0333. The van der Waals surface area contributed by atoms with Crippen molar-refractivity contribution in [2.45, 2.75) is 25.2 Å². The molecule has 25 heavy (non-hydrogen) atoms. The molecule has 0 bridgehead atoms. The molecule has 1 atom stereocenters. The number of rotatable bonds is 4. The molecule has 1 amide bonds. The lowest BCUT2D eigenvalue weighted by atomic mass is 9.88. The maximum absolute atomic E-state index is 12.8. The summed E-state index contributed by atoms with van der Waals surface area (Å²) in [5, 5.41) is 1.61. The fourth-order valence-electron chi connectivity index (χ4n) is 3.65. The summed E-state index contributed by atoms with van der Waals surface area (Å²) in [6.07, 6.45) is 6.45. The fourth-order valence-corrected chi connectivity index (χ4v) is 3.77. The number of nitrogens with zero attached hydrogens (tertiary/aromatic N) is 2. The highest BCUT2D eigenvalue weighted by molar-refractivity contribution is 6.29. The molecule has 3 heterocycles. The van der Waals surface area contributed by atoms with E-state index in [2.05, 4.69) is 22.1 Å². The number of H-pyrrole nitrogens is 1. The molecule has 1 fully saturated rings. The van der Waals surface area contributed by atoms with Crippen molar-refractivity contribution in [3.8, 4) is 0 Å². The van der Waals surface area contributed by atoms with Gasteiger partial charge in [-0.2, -0.15) is 0 Å². The quantitative estimate of drug-likeness (QED) is 0.708. The summed E-state index contributed by atoms with van der Waals surface area (Å²) < 4.78 is 0. The predicted octanol–water partition coefficient (Wildman–Crippen LogP) is 4.36. The van der Waals surface area contributed by atoms with E-state index >= 15 is 0 Å². The third kappa shape index (κ3) is 3.27. The normalized spacial score (nSPS) is 15.6. The zero-order valence-electron chi connectivity index (χ0n) is 13.9. The largest absolute Gasteiger partial charge is 0.361 e. The number of amides is 1. The Morgan fingerprint density at radius 3 is 2.76 bits per heavy atom. The van der Waals surface area contributed by atoms with Crippen molar-refractivity contribution in [1.29, 1.82) is 0 Å². The first-order valence-corrected chi connectivity index (χ1v) is 9.05. The zero-order valence-corrected chi connectivity index (χ0v) is 14.7. The van der Waals surface area contributed by atoms with Crippen LogP contribution in [0.2, 0.25) is 5.15 Å². The first-order valence-electron chi connectivity index (χ1n) is 8.67. The number of pyridine rings is 1. The molecule has 1 aliphatic rings. The van der Waals surface area contributed by atoms with E-state index in [1.807, 2.05) is 29.3 Å². The van der Waals surface area contributed by atoms with Gasteiger partial charge in [-0.25, -0.2) is 4.98 Å². The third-order valence-corrected chi connectivity index (χ3v) is 5.21. The van der Waals surface area contributed by atoms with E-state index in [0.717, 1.165) is 48.0 Å². The molecule has 4 rings (SSSR count). The van der Waals surface area contributed by atoms with Gasteiger partial charge in [-0.05, 0) is 36.1 Å². The number of hydrogen-bond donors (Lipinski definition) is 1. The Morgan fingerprint density at radius 1 is 1.20 bits per heavy atom. The van der Waals surface area contributed by atoms with Gasteiger partial charge < -0.3 is 9.88 Å². The van der Waals surface area contributed by atoms with Gasteiger partial charge in [-0.1, -0.05) is 35.9 Å². The van der Waals surface area contributed by atoms with Gasteiger partial charge >= 0.3 is 0 Å². The van der Waals surface area contributed by atoms with Crippen LogP contribution in [-0.4, -0.2) is 33.9 Å². The number of nitrogens with one attached hydrogen (secondary N) is 1. The van der Waals surface area contributed by atoms with Crippen molar-refractivity contribution in [1.82, 2.24) is 14.9 Å². The number of para-hydroxylation sites is 1. The van der Waals surface area contributed by atoms with Crippen molar-refractivity contribution < 1.29 is 4.79 Å². The van der Waals surface area contributed by atoms with E-state index in [0.29, 0.717) is 11.6 Å². The number of hydrogen-bond acceptors (Lipinski definition) is 2. The summed E-state index contributed by atoms with van der Waals surface area (Å²) in [6.45, 7) is 1.75. The van der Waals surface area contributed by atoms with Crippen LogP contribution in [0.3, 0.4) is 0 Å².